The first-order valence-corrected chi connectivity index (χ1v) is 44.5. The van der Waals surface area contributed by atoms with Gasteiger partial charge in [0.1, 0.15) is 63.5 Å². The Bertz CT molecular complexity index is 5270. The SMILES string of the molecule is CCCCOCCCN(Cc1cc(C)cc(-c2cc(C)cc(-c3cc(C)cc(CN(CCCOCCCC)S(=O)(=O)c4ccc(C5=c6cc7c8c(c6Oc6c5cc5c9c6CCCN9CCC5)CCC[N+]=8CCC7)c(S(=O)(=O)O)c4)c3OCC(=O)OC(C)(C)C)c2OCC(=O)OC(C)(C)C)c1OCC(=O)OC(C)(C)C)C(=O)c1ccccc1. The molecule has 0 spiro atoms. The predicted molar refractivity (Wildman–Crippen MR) is 452 cm³/mol. The Morgan fingerprint density at radius 1 is 0.521 bits per heavy atom. The molecule has 0 atom stereocenters. The largest absolute Gasteiger partial charge is 0.481 e. The molecule has 0 fully saturated rings. The molecular formula is C93H117N4O18S2+. The summed E-state index contributed by atoms with van der Waals surface area (Å²) in [6, 6.07) is 28.2. The van der Waals surface area contributed by atoms with Gasteiger partial charge < -0.3 is 52.4 Å². The first-order chi connectivity index (χ1) is 55.6. The second kappa shape index (κ2) is 37.0. The summed E-state index contributed by atoms with van der Waals surface area (Å²) in [7, 11) is -10.1. The van der Waals surface area contributed by atoms with E-state index >= 15 is 8.42 Å². The summed E-state index contributed by atoms with van der Waals surface area (Å²) in [6.07, 6.45) is 10.9. The fraction of sp³-hybridized carbons (Fsp3) is 0.495. The number of hydrogen-bond acceptors (Lipinski definition) is 18. The summed E-state index contributed by atoms with van der Waals surface area (Å²) < 4.78 is 135. The lowest BCUT2D eigenvalue weighted by Gasteiger charge is -2.39. The van der Waals surface area contributed by atoms with Crippen molar-refractivity contribution in [3.8, 4) is 51.0 Å². The number of benzene rings is 7. The molecule has 1 N–H and O–H groups in total. The Labute approximate surface area is 690 Å². The van der Waals surface area contributed by atoms with Gasteiger partial charge in [-0.05, 0) is 230 Å². The van der Waals surface area contributed by atoms with Crippen molar-refractivity contribution in [3.05, 3.63) is 174 Å². The van der Waals surface area contributed by atoms with E-state index in [1.165, 1.54) is 16.4 Å². The van der Waals surface area contributed by atoms with Gasteiger partial charge in [0.25, 0.3) is 16.0 Å². The highest BCUT2D eigenvalue weighted by Crippen LogP contribution is 2.52. The lowest BCUT2D eigenvalue weighted by atomic mass is 9.82. The second-order valence-electron chi connectivity index (χ2n) is 34.5. The van der Waals surface area contributed by atoms with Crippen LogP contribution in [0, 0.1) is 20.8 Å². The molecule has 0 aliphatic carbocycles. The molecule has 628 valence electrons. The van der Waals surface area contributed by atoms with Crippen molar-refractivity contribution in [2.75, 3.05) is 90.4 Å². The summed E-state index contributed by atoms with van der Waals surface area (Å²) in [6.45, 7) is 28.3. The van der Waals surface area contributed by atoms with Gasteiger partial charge in [0.05, 0.1) is 10.5 Å². The smallest absolute Gasteiger partial charge is 0.344 e. The van der Waals surface area contributed by atoms with Crippen LogP contribution in [0.2, 0.25) is 0 Å². The van der Waals surface area contributed by atoms with Gasteiger partial charge in [-0.1, -0.05) is 63.1 Å². The normalized spacial score (nSPS) is 14.5. The van der Waals surface area contributed by atoms with Crippen LogP contribution >= 0.6 is 0 Å². The number of sulfonamides is 1. The quantitative estimate of drug-likeness (QED) is 0.0129. The predicted octanol–water partition coefficient (Wildman–Crippen LogP) is 15.0. The number of amides is 1. The Hall–Kier alpha value is -9.17. The van der Waals surface area contributed by atoms with Crippen LogP contribution in [0.3, 0.4) is 0 Å². The van der Waals surface area contributed by atoms with Gasteiger partial charge in [0.15, 0.2) is 19.8 Å². The van der Waals surface area contributed by atoms with Crippen molar-refractivity contribution in [1.29, 1.82) is 0 Å². The Kier molecular flexibility index (Phi) is 27.6. The molecule has 5 aliphatic rings. The average molecular weight is 1640 g/mol. The molecule has 117 heavy (non-hydrogen) atoms. The van der Waals surface area contributed by atoms with Gasteiger partial charge in [-0.3, -0.25) is 9.35 Å². The van der Waals surface area contributed by atoms with E-state index in [9.17, 15) is 32.1 Å². The highest BCUT2D eigenvalue weighted by atomic mass is 32.2. The van der Waals surface area contributed by atoms with Gasteiger partial charge in [-0.2, -0.15) is 12.7 Å². The minimum absolute atomic E-state index is 0.0102. The maximum Gasteiger partial charge on any atom is 0.344 e. The molecular weight excluding hydrogens is 1530 g/mol. The van der Waals surface area contributed by atoms with Crippen molar-refractivity contribution in [3.63, 3.8) is 0 Å². The van der Waals surface area contributed by atoms with E-state index in [2.05, 4.69) is 28.5 Å². The molecule has 22 nitrogen and oxygen atoms in total. The number of unbranched alkanes of at least 4 members (excludes halogenated alkanes) is 2. The molecule has 24 heteroatoms. The minimum atomic E-state index is -5.26. The van der Waals surface area contributed by atoms with Crippen LogP contribution < -0.4 is 39.0 Å². The topological polar surface area (TPSA) is 253 Å². The lowest BCUT2D eigenvalue weighted by Crippen LogP contribution is -2.45. The average Bonchev–Trinajstić information content (AvgIpc) is 0.705. The molecule has 7 aromatic rings. The molecule has 12 rings (SSSR count). The number of esters is 3. The van der Waals surface area contributed by atoms with E-state index in [1.54, 1.807) is 104 Å². The van der Waals surface area contributed by atoms with Crippen LogP contribution in [0.1, 0.15) is 212 Å². The standard InChI is InChI=1S/C93H116N4O18S2/c1-15-17-42-107-44-26-40-96(90(101)63-28-20-19-21-29-63)55-66-46-60(3)48-72(85(66)109-57-79(98)113-91(6,7)8)74-50-62(5)51-75(87(74)111-59-81(100)115-93(12,13)14)73-49-61(4)47-67(86(73)110-58-80(99)114-92(9,10)11)56-97(41-27-45-108-43-18-16-2)116(102,103)68-34-35-69(78(54-68)117(104,105)106)82-76-52-64-30-22-36-94-38-24-32-70(83(64)94)88(76)112-89-71-33-25-39-95-37-23-31-65(84(71)95)53-77(82)89/h19-21,28-29,34-35,46-54H,15-18,22-27,30-33,36-45,55-59H2,1-14H3/p+1. The van der Waals surface area contributed by atoms with Crippen molar-refractivity contribution >= 4 is 55.2 Å². The number of aryl methyl sites for hydroxylation is 5. The summed E-state index contributed by atoms with van der Waals surface area (Å²) in [5, 5.41) is 1.84. The Balaban J connectivity index is 1.05. The molecule has 1 amide bonds. The number of fused-ring (bicyclic) bond motifs is 4. The zero-order chi connectivity index (χ0) is 83.9. The summed E-state index contributed by atoms with van der Waals surface area (Å²) >= 11 is 0. The van der Waals surface area contributed by atoms with Crippen LogP contribution in [0.25, 0.3) is 27.8 Å². The van der Waals surface area contributed by atoms with E-state index in [1.807, 2.05) is 58.0 Å². The van der Waals surface area contributed by atoms with Gasteiger partial charge in [-0.15, -0.1) is 0 Å². The van der Waals surface area contributed by atoms with Crippen LogP contribution in [0.15, 0.2) is 107 Å². The van der Waals surface area contributed by atoms with Crippen molar-refractivity contribution in [1.82, 2.24) is 13.8 Å². The summed E-state index contributed by atoms with van der Waals surface area (Å²) in [5.74, 6) is -0.846. The van der Waals surface area contributed by atoms with Crippen molar-refractivity contribution < 1.29 is 83.2 Å². The first kappa shape index (κ1) is 87.2. The number of anilines is 1. The summed E-state index contributed by atoms with van der Waals surface area (Å²) in [4.78, 5) is 60.5. The molecule has 0 radical (unpaired) electrons. The molecule has 0 saturated carbocycles. The van der Waals surface area contributed by atoms with Gasteiger partial charge >= 0.3 is 17.9 Å². The number of ether oxygens (including phenoxy) is 9. The van der Waals surface area contributed by atoms with E-state index < -0.39 is 91.0 Å². The molecule has 5 heterocycles. The number of nitrogens with zero attached hydrogens (tertiary/aromatic N) is 4. The Morgan fingerprint density at radius 2 is 1.02 bits per heavy atom. The minimum Gasteiger partial charge on any atom is -0.481 e. The van der Waals surface area contributed by atoms with Crippen LogP contribution in [0.4, 0.5) is 5.69 Å². The third-order valence-electron chi connectivity index (χ3n) is 21.2. The fourth-order valence-corrected chi connectivity index (χ4v) is 18.9. The zero-order valence-corrected chi connectivity index (χ0v) is 72.4. The Morgan fingerprint density at radius 3 is 1.57 bits per heavy atom. The monoisotopic (exact) mass is 1640 g/mol. The van der Waals surface area contributed by atoms with Crippen molar-refractivity contribution in [2.45, 2.75) is 227 Å². The summed E-state index contributed by atoms with van der Waals surface area (Å²) in [5.41, 5.74) is 8.48. The molecule has 7 aromatic carbocycles. The van der Waals surface area contributed by atoms with Crippen molar-refractivity contribution in [2.24, 2.45) is 0 Å². The van der Waals surface area contributed by atoms with Gasteiger partial charge in [-0.25, -0.2) is 27.4 Å². The molecule has 0 aromatic heterocycles. The number of carbonyl (C=O) groups is 4. The highest BCUT2D eigenvalue weighted by Gasteiger charge is 2.40. The maximum absolute atomic E-state index is 16.4. The third-order valence-corrected chi connectivity index (χ3v) is 24.0. The number of rotatable bonds is 34. The highest BCUT2D eigenvalue weighted by molar-refractivity contribution is 7.89. The van der Waals surface area contributed by atoms with E-state index in [0.29, 0.717) is 98.6 Å². The zero-order valence-electron chi connectivity index (χ0n) is 70.7. The number of hydrogen-bond donors (Lipinski definition) is 1. The maximum atomic E-state index is 16.4. The number of carbonyl (C=O) groups excluding carboxylic acids is 4. The van der Waals surface area contributed by atoms with E-state index in [4.69, 9.17) is 42.6 Å². The molecule has 0 saturated heterocycles. The van der Waals surface area contributed by atoms with E-state index in [-0.39, 0.29) is 72.5 Å². The van der Waals surface area contributed by atoms with Gasteiger partial charge in [0, 0.05) is 156 Å². The van der Waals surface area contributed by atoms with Crippen LogP contribution in [-0.4, -0.2) is 157 Å². The van der Waals surface area contributed by atoms with Gasteiger partial charge in [0.2, 0.25) is 15.4 Å². The third kappa shape index (κ3) is 21.1. The lowest BCUT2D eigenvalue weighted by molar-refractivity contribution is -0.158. The van der Waals surface area contributed by atoms with E-state index in [0.717, 1.165) is 143 Å². The second-order valence-corrected chi connectivity index (χ2v) is 37.8. The molecule has 0 bridgehead atoms. The van der Waals surface area contributed by atoms with Crippen LogP contribution in [-0.2, 0) is 97.0 Å². The molecule has 0 unspecified atom stereocenters. The van der Waals surface area contributed by atoms with Crippen LogP contribution in [0.5, 0.6) is 28.7 Å². The first-order valence-electron chi connectivity index (χ1n) is 41.6. The fourth-order valence-electron chi connectivity index (χ4n) is 16.6. The molecule has 5 aliphatic heterocycles.